The Balaban J connectivity index is 2.24. The molecule has 84 valence electrons. The van der Waals surface area contributed by atoms with Gasteiger partial charge in [0.1, 0.15) is 11.2 Å². The third-order valence-electron chi connectivity index (χ3n) is 2.48. The van der Waals surface area contributed by atoms with Crippen molar-refractivity contribution in [1.29, 1.82) is 0 Å². The first-order valence-electron chi connectivity index (χ1n) is 4.88. The van der Waals surface area contributed by atoms with Crippen LogP contribution in [0.4, 0.5) is 8.78 Å². The minimum absolute atomic E-state index is 0.630. The molecule has 3 aromatic rings. The highest BCUT2D eigenvalue weighted by Gasteiger charge is 2.09. The van der Waals surface area contributed by atoms with Crippen LogP contribution in [-0.4, -0.2) is 9.97 Å². The molecule has 0 bridgehead atoms. The number of fused-ring (bicyclic) bond motifs is 1. The van der Waals surface area contributed by atoms with Gasteiger partial charge in [-0.05, 0) is 17.7 Å². The van der Waals surface area contributed by atoms with E-state index in [9.17, 15) is 8.78 Å². The highest BCUT2D eigenvalue weighted by molar-refractivity contribution is 7.17. The van der Waals surface area contributed by atoms with E-state index in [0.29, 0.717) is 5.56 Å². The topological polar surface area (TPSA) is 25.8 Å². The Morgan fingerprint density at radius 2 is 2.00 bits per heavy atom. The summed E-state index contributed by atoms with van der Waals surface area (Å²) in [6.07, 6.45) is 3.14. The maximum Gasteiger partial charge on any atom is 0.159 e. The van der Waals surface area contributed by atoms with E-state index in [1.807, 2.05) is 5.38 Å². The van der Waals surface area contributed by atoms with Gasteiger partial charge in [0.2, 0.25) is 0 Å². The number of hydrogen-bond acceptors (Lipinski definition) is 3. The second-order valence-corrected chi connectivity index (χ2v) is 4.38. The van der Waals surface area contributed by atoms with Crippen molar-refractivity contribution in [3.05, 3.63) is 47.7 Å². The zero-order valence-corrected chi connectivity index (χ0v) is 9.34. The van der Waals surface area contributed by atoms with Gasteiger partial charge in [0.15, 0.2) is 11.6 Å². The van der Waals surface area contributed by atoms with Crippen LogP contribution in [0.1, 0.15) is 0 Å². The second kappa shape index (κ2) is 3.85. The van der Waals surface area contributed by atoms with Crippen LogP contribution in [0, 0.1) is 11.6 Å². The summed E-state index contributed by atoms with van der Waals surface area (Å²) in [5, 5.41) is 2.72. The summed E-state index contributed by atoms with van der Waals surface area (Å²) >= 11 is 1.45. The molecule has 0 amide bonds. The van der Waals surface area contributed by atoms with Gasteiger partial charge >= 0.3 is 0 Å². The lowest BCUT2D eigenvalue weighted by Crippen LogP contribution is -1.85. The van der Waals surface area contributed by atoms with Gasteiger partial charge in [-0.1, -0.05) is 6.07 Å². The number of rotatable bonds is 1. The normalized spacial score (nSPS) is 10.9. The average Bonchev–Trinajstić information content (AvgIpc) is 2.76. The van der Waals surface area contributed by atoms with E-state index in [2.05, 4.69) is 9.97 Å². The first kappa shape index (κ1) is 10.3. The van der Waals surface area contributed by atoms with Crippen LogP contribution < -0.4 is 0 Å². The SMILES string of the molecule is Fc1ccc(-c2csc3ncncc23)cc1F. The van der Waals surface area contributed by atoms with Crippen LogP contribution in [-0.2, 0) is 0 Å². The Labute approximate surface area is 99.6 Å². The summed E-state index contributed by atoms with van der Waals surface area (Å²) in [5.41, 5.74) is 1.45. The lowest BCUT2D eigenvalue weighted by atomic mass is 10.1. The molecule has 5 heteroatoms. The maximum atomic E-state index is 13.2. The fourth-order valence-electron chi connectivity index (χ4n) is 1.66. The van der Waals surface area contributed by atoms with Crippen molar-refractivity contribution in [2.45, 2.75) is 0 Å². The van der Waals surface area contributed by atoms with E-state index in [0.717, 1.165) is 21.8 Å². The third-order valence-corrected chi connectivity index (χ3v) is 3.39. The van der Waals surface area contributed by atoms with Crippen LogP contribution in [0.2, 0.25) is 0 Å². The van der Waals surface area contributed by atoms with Crippen molar-refractivity contribution in [3.8, 4) is 11.1 Å². The summed E-state index contributed by atoms with van der Waals surface area (Å²) in [7, 11) is 0. The highest BCUT2D eigenvalue weighted by atomic mass is 32.1. The number of halogens is 2. The average molecular weight is 248 g/mol. The molecule has 0 atom stereocenters. The quantitative estimate of drug-likeness (QED) is 0.657. The predicted molar refractivity (Wildman–Crippen MR) is 62.8 cm³/mol. The molecule has 0 spiro atoms. The van der Waals surface area contributed by atoms with Gasteiger partial charge in [0.25, 0.3) is 0 Å². The van der Waals surface area contributed by atoms with E-state index in [-0.39, 0.29) is 0 Å². The first-order valence-corrected chi connectivity index (χ1v) is 5.76. The van der Waals surface area contributed by atoms with Crippen molar-refractivity contribution in [1.82, 2.24) is 9.97 Å². The van der Waals surface area contributed by atoms with Gasteiger partial charge in [0.05, 0.1) is 0 Å². The third kappa shape index (κ3) is 1.68. The summed E-state index contributed by atoms with van der Waals surface area (Å²) in [6.45, 7) is 0. The molecule has 0 unspecified atom stereocenters. The summed E-state index contributed by atoms with van der Waals surface area (Å²) < 4.78 is 26.0. The van der Waals surface area contributed by atoms with E-state index in [4.69, 9.17) is 0 Å². The molecule has 0 aliphatic rings. The number of nitrogens with zero attached hydrogens (tertiary/aromatic N) is 2. The van der Waals surface area contributed by atoms with Gasteiger partial charge in [-0.15, -0.1) is 11.3 Å². The zero-order valence-electron chi connectivity index (χ0n) is 8.52. The van der Waals surface area contributed by atoms with Gasteiger partial charge in [-0.3, -0.25) is 0 Å². The molecule has 0 saturated carbocycles. The molecule has 2 nitrogen and oxygen atoms in total. The monoisotopic (exact) mass is 248 g/mol. The maximum absolute atomic E-state index is 13.2. The number of aromatic nitrogens is 2. The zero-order chi connectivity index (χ0) is 11.8. The molecule has 2 heterocycles. The summed E-state index contributed by atoms with van der Waals surface area (Å²) in [5.74, 6) is -1.69. The van der Waals surface area contributed by atoms with Gasteiger partial charge < -0.3 is 0 Å². The molecule has 0 N–H and O–H groups in total. The number of thiophene rings is 1. The van der Waals surface area contributed by atoms with Crippen LogP contribution in [0.5, 0.6) is 0 Å². The van der Waals surface area contributed by atoms with Crippen LogP contribution in [0.15, 0.2) is 36.1 Å². The molecule has 1 aromatic carbocycles. The minimum atomic E-state index is -0.848. The van der Waals surface area contributed by atoms with Gasteiger partial charge in [-0.2, -0.15) is 0 Å². The molecule has 2 aromatic heterocycles. The van der Waals surface area contributed by atoms with E-state index < -0.39 is 11.6 Å². The highest BCUT2D eigenvalue weighted by Crippen LogP contribution is 2.32. The second-order valence-electron chi connectivity index (χ2n) is 3.52. The van der Waals surface area contributed by atoms with Crippen LogP contribution in [0.3, 0.4) is 0 Å². The van der Waals surface area contributed by atoms with Crippen molar-refractivity contribution in [2.75, 3.05) is 0 Å². The van der Waals surface area contributed by atoms with Gasteiger partial charge in [-0.25, -0.2) is 18.7 Å². The largest absolute Gasteiger partial charge is 0.244 e. The van der Waals surface area contributed by atoms with Crippen LogP contribution >= 0.6 is 11.3 Å². The Kier molecular flexibility index (Phi) is 2.33. The van der Waals surface area contributed by atoms with Gasteiger partial charge in [0, 0.05) is 22.5 Å². The molecule has 0 radical (unpaired) electrons. The van der Waals surface area contributed by atoms with E-state index in [1.54, 1.807) is 12.3 Å². The van der Waals surface area contributed by atoms with Crippen molar-refractivity contribution < 1.29 is 8.78 Å². The molecule has 3 rings (SSSR count). The fraction of sp³-hybridized carbons (Fsp3) is 0. The molecular weight excluding hydrogens is 242 g/mol. The molecule has 0 fully saturated rings. The Hall–Kier alpha value is -1.88. The fourth-order valence-corrected chi connectivity index (χ4v) is 2.55. The Bertz CT molecular complexity index is 694. The van der Waals surface area contributed by atoms with Crippen molar-refractivity contribution in [2.24, 2.45) is 0 Å². The molecular formula is C12H6F2N2S. The Morgan fingerprint density at radius 3 is 2.82 bits per heavy atom. The molecule has 0 aliphatic heterocycles. The number of benzene rings is 1. The molecule has 0 saturated heterocycles. The van der Waals surface area contributed by atoms with E-state index in [1.165, 1.54) is 23.7 Å². The first-order chi connectivity index (χ1) is 8.25. The Morgan fingerprint density at radius 1 is 1.12 bits per heavy atom. The van der Waals surface area contributed by atoms with Crippen molar-refractivity contribution in [3.63, 3.8) is 0 Å². The number of hydrogen-bond donors (Lipinski definition) is 0. The minimum Gasteiger partial charge on any atom is -0.244 e. The lowest BCUT2D eigenvalue weighted by molar-refractivity contribution is 0.509. The molecule has 17 heavy (non-hydrogen) atoms. The predicted octanol–water partition coefficient (Wildman–Crippen LogP) is 3.64. The van der Waals surface area contributed by atoms with E-state index >= 15 is 0 Å². The smallest absolute Gasteiger partial charge is 0.159 e. The summed E-state index contributed by atoms with van der Waals surface area (Å²) in [6, 6.07) is 3.86. The molecule has 0 aliphatic carbocycles. The standard InChI is InChI=1S/C12H6F2N2S/c13-10-2-1-7(3-11(10)14)9-5-17-12-8(9)4-15-6-16-12/h1-6H. The van der Waals surface area contributed by atoms with Crippen molar-refractivity contribution >= 4 is 21.6 Å². The summed E-state index contributed by atoms with van der Waals surface area (Å²) in [4.78, 5) is 8.88. The van der Waals surface area contributed by atoms with Crippen LogP contribution in [0.25, 0.3) is 21.3 Å². The lowest BCUT2D eigenvalue weighted by Gasteiger charge is -2.00.